The van der Waals surface area contributed by atoms with Crippen LogP contribution < -0.4 is 5.56 Å². The van der Waals surface area contributed by atoms with Crippen molar-refractivity contribution in [2.75, 3.05) is 6.61 Å². The van der Waals surface area contributed by atoms with Gasteiger partial charge in [-0.25, -0.2) is 9.38 Å². The number of nitrogens with zero attached hydrogens (tertiary/aromatic N) is 4. The molecule has 0 bridgehead atoms. The summed E-state index contributed by atoms with van der Waals surface area (Å²) in [6, 6.07) is 16.9. The standard InChI is InChI=1S/C24H19ClN5O5PS/c25-13-6-8-14(9-7-13)37-24-27-17-20(30(24)22-18(31)19-16(34-22)11-33-36-35-19)28-23-26-15(10-29(23)21(17)32)12-4-2-1-3-5-12/h1-10,16,18-19,22,31,36H,11H2,(H,26,28). The molecule has 0 radical (unpaired) electrons. The van der Waals surface area contributed by atoms with E-state index in [1.807, 2.05) is 42.5 Å². The molecule has 2 aromatic carbocycles. The van der Waals surface area contributed by atoms with E-state index in [2.05, 4.69) is 9.97 Å². The second-order valence-corrected chi connectivity index (χ2v) is 10.8. The number of hydrogen-bond acceptors (Lipinski definition) is 8. The average molecular weight is 556 g/mol. The quantitative estimate of drug-likeness (QED) is 0.319. The minimum absolute atomic E-state index is 0.164. The van der Waals surface area contributed by atoms with Crippen LogP contribution in [0.4, 0.5) is 0 Å². The number of aliphatic hydroxyl groups excluding tert-OH is 1. The van der Waals surface area contributed by atoms with E-state index in [0.29, 0.717) is 28.2 Å². The van der Waals surface area contributed by atoms with Crippen LogP contribution in [0.3, 0.4) is 0 Å². The molecule has 13 heteroatoms. The van der Waals surface area contributed by atoms with Crippen LogP contribution in [0.1, 0.15) is 6.23 Å². The highest BCUT2D eigenvalue weighted by atomic mass is 35.5. The molecule has 188 valence electrons. The van der Waals surface area contributed by atoms with Gasteiger partial charge in [-0.3, -0.25) is 9.36 Å². The summed E-state index contributed by atoms with van der Waals surface area (Å²) in [6.45, 7) is 0.306. The van der Waals surface area contributed by atoms with E-state index in [9.17, 15) is 9.90 Å². The maximum Gasteiger partial charge on any atom is 0.287 e. The molecule has 0 amide bonds. The normalized spacial score (nSPS) is 24.3. The molecule has 2 aliphatic heterocycles. The van der Waals surface area contributed by atoms with Gasteiger partial charge in [0.25, 0.3) is 5.56 Å². The maximum absolute atomic E-state index is 13.6. The van der Waals surface area contributed by atoms with E-state index in [0.717, 1.165) is 16.2 Å². The Kier molecular flexibility index (Phi) is 5.82. The fourth-order valence-corrected chi connectivity index (χ4v) is 6.34. The Balaban J connectivity index is 1.41. The number of H-pyrrole nitrogens is 1. The summed E-state index contributed by atoms with van der Waals surface area (Å²) in [5, 5.41) is 12.2. The summed E-state index contributed by atoms with van der Waals surface area (Å²) < 4.78 is 20.4. The van der Waals surface area contributed by atoms with Gasteiger partial charge in [0.1, 0.15) is 18.3 Å². The Bertz CT molecular complexity index is 1670. The van der Waals surface area contributed by atoms with Gasteiger partial charge in [-0.15, -0.1) is 0 Å². The number of hydrogen-bond donors (Lipinski definition) is 2. The summed E-state index contributed by atoms with van der Waals surface area (Å²) in [4.78, 5) is 27.1. The lowest BCUT2D eigenvalue weighted by Crippen LogP contribution is -2.37. The van der Waals surface area contributed by atoms with Crippen molar-refractivity contribution in [1.82, 2.24) is 23.9 Å². The SMILES string of the molecule is O=c1c2nc(Sc3ccc(Cl)cc3)n(C3OC4COPOC4C3O)c2nc2[nH]c(-c3ccccc3)cn12. The Morgan fingerprint density at radius 1 is 1.14 bits per heavy atom. The summed E-state index contributed by atoms with van der Waals surface area (Å²) in [6.07, 6.45) is -1.17. The predicted octanol–water partition coefficient (Wildman–Crippen LogP) is 4.03. The van der Waals surface area contributed by atoms with Gasteiger partial charge in [-0.2, -0.15) is 4.98 Å². The monoisotopic (exact) mass is 555 g/mol. The van der Waals surface area contributed by atoms with Crippen molar-refractivity contribution < 1.29 is 18.9 Å². The first kappa shape index (κ1) is 23.4. The lowest BCUT2D eigenvalue weighted by atomic mass is 10.1. The Hall–Kier alpha value is -2.76. The largest absolute Gasteiger partial charge is 0.386 e. The van der Waals surface area contributed by atoms with Crippen molar-refractivity contribution in [3.05, 3.63) is 76.2 Å². The highest BCUT2D eigenvalue weighted by molar-refractivity contribution is 7.99. The summed E-state index contributed by atoms with van der Waals surface area (Å²) in [5.74, 6) is 0.353. The van der Waals surface area contributed by atoms with Gasteiger partial charge in [-0.1, -0.05) is 53.7 Å². The van der Waals surface area contributed by atoms with Crippen molar-refractivity contribution in [1.29, 1.82) is 0 Å². The Morgan fingerprint density at radius 2 is 1.95 bits per heavy atom. The van der Waals surface area contributed by atoms with Gasteiger partial charge < -0.3 is 23.9 Å². The fourth-order valence-electron chi connectivity index (χ4n) is 4.60. The average Bonchev–Trinajstić information content (AvgIpc) is 3.60. The van der Waals surface area contributed by atoms with Crippen molar-refractivity contribution in [2.24, 2.45) is 0 Å². The Labute approximate surface area is 220 Å². The van der Waals surface area contributed by atoms with Crippen LogP contribution in [-0.2, 0) is 13.8 Å². The molecule has 0 saturated carbocycles. The van der Waals surface area contributed by atoms with E-state index in [4.69, 9.17) is 30.4 Å². The highest BCUT2D eigenvalue weighted by Gasteiger charge is 2.49. The molecular weight excluding hydrogens is 537 g/mol. The molecule has 3 aromatic heterocycles. The van der Waals surface area contributed by atoms with Crippen molar-refractivity contribution in [3.63, 3.8) is 0 Å². The van der Waals surface area contributed by atoms with E-state index in [-0.39, 0.29) is 20.1 Å². The van der Waals surface area contributed by atoms with Crippen molar-refractivity contribution >= 4 is 49.3 Å². The molecule has 10 nitrogen and oxygen atoms in total. The molecule has 0 spiro atoms. The van der Waals surface area contributed by atoms with Crippen LogP contribution in [0.25, 0.3) is 28.2 Å². The van der Waals surface area contributed by atoms with Crippen molar-refractivity contribution in [3.8, 4) is 11.3 Å². The topological polar surface area (TPSA) is 116 Å². The molecule has 7 rings (SSSR count). The third-order valence-corrected chi connectivity index (χ3v) is 8.27. The van der Waals surface area contributed by atoms with Crippen LogP contribution >= 0.6 is 32.4 Å². The lowest BCUT2D eigenvalue weighted by molar-refractivity contribution is -0.0553. The molecule has 2 saturated heterocycles. The molecule has 0 aliphatic carbocycles. The van der Waals surface area contributed by atoms with Crippen LogP contribution in [0.2, 0.25) is 5.02 Å². The lowest BCUT2D eigenvalue weighted by Gasteiger charge is -2.24. The number of benzene rings is 2. The molecule has 5 unspecified atom stereocenters. The minimum Gasteiger partial charge on any atom is -0.386 e. The van der Waals surface area contributed by atoms with Gasteiger partial charge in [0.05, 0.1) is 12.3 Å². The van der Waals surface area contributed by atoms with Gasteiger partial charge >= 0.3 is 0 Å². The van der Waals surface area contributed by atoms with Gasteiger partial charge in [0.15, 0.2) is 31.6 Å². The number of rotatable bonds is 4. The van der Waals surface area contributed by atoms with Crippen LogP contribution in [-0.4, -0.2) is 53.9 Å². The summed E-state index contributed by atoms with van der Waals surface area (Å²) in [7, 11) is -0.172. The number of nitrogens with one attached hydrogen (secondary N) is 1. The number of aromatic amines is 1. The maximum atomic E-state index is 13.6. The first-order valence-corrected chi connectivity index (χ1v) is 13.5. The predicted molar refractivity (Wildman–Crippen MR) is 139 cm³/mol. The second-order valence-electron chi connectivity index (χ2n) is 8.67. The van der Waals surface area contributed by atoms with Crippen molar-refractivity contribution in [2.45, 2.75) is 34.6 Å². The number of aliphatic hydroxyl groups is 1. The number of aromatic nitrogens is 5. The highest BCUT2D eigenvalue weighted by Crippen LogP contribution is 2.42. The van der Waals surface area contributed by atoms with E-state index < -0.39 is 24.5 Å². The third-order valence-electron chi connectivity index (χ3n) is 6.38. The van der Waals surface area contributed by atoms with E-state index in [1.54, 1.807) is 22.9 Å². The zero-order valence-corrected chi connectivity index (χ0v) is 21.5. The van der Waals surface area contributed by atoms with E-state index >= 15 is 0 Å². The summed E-state index contributed by atoms with van der Waals surface area (Å²) in [5.41, 5.74) is 1.80. The second kappa shape index (κ2) is 9.21. The van der Waals surface area contributed by atoms with Crippen LogP contribution in [0.5, 0.6) is 0 Å². The summed E-state index contributed by atoms with van der Waals surface area (Å²) >= 11 is 7.38. The van der Waals surface area contributed by atoms with E-state index in [1.165, 1.54) is 16.2 Å². The number of ether oxygens (including phenoxy) is 1. The molecule has 5 aromatic rings. The third kappa shape index (κ3) is 3.98. The fraction of sp³-hybridized carbons (Fsp3) is 0.208. The molecule has 2 aliphatic rings. The number of fused-ring (bicyclic) bond motifs is 3. The van der Waals surface area contributed by atoms with Crippen LogP contribution in [0, 0.1) is 0 Å². The Morgan fingerprint density at radius 3 is 2.73 bits per heavy atom. The first-order chi connectivity index (χ1) is 18.1. The molecule has 2 fully saturated rings. The molecular formula is C24H19ClN5O5PS. The smallest absolute Gasteiger partial charge is 0.287 e. The minimum atomic E-state index is -1.01. The number of imidazole rings is 2. The first-order valence-electron chi connectivity index (χ1n) is 11.4. The molecule has 37 heavy (non-hydrogen) atoms. The van der Waals surface area contributed by atoms with Gasteiger partial charge in [0, 0.05) is 16.1 Å². The zero-order chi connectivity index (χ0) is 25.1. The van der Waals surface area contributed by atoms with Gasteiger partial charge in [0.2, 0.25) is 5.78 Å². The van der Waals surface area contributed by atoms with Crippen LogP contribution in [0.15, 0.2) is 75.6 Å². The number of halogens is 1. The molecule has 2 N–H and O–H groups in total. The molecule has 5 heterocycles. The van der Waals surface area contributed by atoms with Gasteiger partial charge in [-0.05, 0) is 29.8 Å². The molecule has 5 atom stereocenters. The zero-order valence-electron chi connectivity index (χ0n) is 18.9.